The Bertz CT molecular complexity index is 190. The van der Waals surface area contributed by atoms with Crippen LogP contribution in [0.15, 0.2) is 0 Å². The van der Waals surface area contributed by atoms with Crippen LogP contribution in [0.25, 0.3) is 0 Å². The zero-order valence-corrected chi connectivity index (χ0v) is 10.2. The summed E-state index contributed by atoms with van der Waals surface area (Å²) in [5, 5.41) is 3.27. The average Bonchev–Trinajstić information content (AvgIpc) is 2.12. The lowest BCUT2D eigenvalue weighted by Gasteiger charge is -2.32. The third kappa shape index (κ3) is 3.29. The van der Waals surface area contributed by atoms with Crippen molar-refractivity contribution >= 4 is 5.97 Å². The number of rotatable bonds is 5. The molecule has 3 heteroatoms. The summed E-state index contributed by atoms with van der Waals surface area (Å²) in [4.78, 5) is 11.6. The van der Waals surface area contributed by atoms with E-state index in [1.165, 1.54) is 7.11 Å². The third-order valence-corrected chi connectivity index (χ3v) is 2.64. The molecular formula is C11H23NO2. The van der Waals surface area contributed by atoms with Crippen LogP contribution in [-0.4, -0.2) is 25.2 Å². The van der Waals surface area contributed by atoms with Gasteiger partial charge in [-0.25, -0.2) is 0 Å². The second-order valence-electron chi connectivity index (χ2n) is 4.62. The monoisotopic (exact) mass is 201 g/mol. The molecule has 14 heavy (non-hydrogen) atoms. The molecule has 1 atom stereocenters. The van der Waals surface area contributed by atoms with Gasteiger partial charge in [0.15, 0.2) is 0 Å². The quantitative estimate of drug-likeness (QED) is 0.689. The molecule has 3 nitrogen and oxygen atoms in total. The van der Waals surface area contributed by atoms with Crippen LogP contribution in [0.4, 0.5) is 0 Å². The molecule has 0 aromatic carbocycles. The van der Waals surface area contributed by atoms with Crippen LogP contribution in [0.2, 0.25) is 0 Å². The molecule has 0 bridgehead atoms. The molecule has 0 saturated carbocycles. The molecular weight excluding hydrogens is 178 g/mol. The highest BCUT2D eigenvalue weighted by atomic mass is 16.5. The van der Waals surface area contributed by atoms with Crippen molar-refractivity contribution in [1.82, 2.24) is 5.32 Å². The Morgan fingerprint density at radius 1 is 1.36 bits per heavy atom. The zero-order chi connectivity index (χ0) is 11.4. The molecule has 0 aromatic rings. The van der Waals surface area contributed by atoms with E-state index in [0.717, 1.165) is 6.54 Å². The van der Waals surface area contributed by atoms with Crippen molar-refractivity contribution in [1.29, 1.82) is 0 Å². The Kier molecular flexibility index (Phi) is 5.13. The average molecular weight is 201 g/mol. The van der Waals surface area contributed by atoms with Gasteiger partial charge in [-0.15, -0.1) is 0 Å². The topological polar surface area (TPSA) is 38.3 Å². The number of methoxy groups -OCH3 is 1. The molecule has 1 N–H and O–H groups in total. The van der Waals surface area contributed by atoms with Crippen molar-refractivity contribution in [2.24, 2.45) is 11.8 Å². The number of ether oxygens (including phenoxy) is 1. The summed E-state index contributed by atoms with van der Waals surface area (Å²) in [5.74, 6) is 0.555. The lowest BCUT2D eigenvalue weighted by molar-refractivity contribution is -0.150. The van der Waals surface area contributed by atoms with Crippen LogP contribution < -0.4 is 5.32 Å². The van der Waals surface area contributed by atoms with Gasteiger partial charge in [-0.3, -0.25) is 4.79 Å². The van der Waals surface area contributed by atoms with Crippen molar-refractivity contribution < 1.29 is 9.53 Å². The van der Waals surface area contributed by atoms with Crippen LogP contribution >= 0.6 is 0 Å². The van der Waals surface area contributed by atoms with E-state index in [0.29, 0.717) is 5.92 Å². The highest BCUT2D eigenvalue weighted by Gasteiger charge is 2.37. The van der Waals surface area contributed by atoms with Gasteiger partial charge in [-0.1, -0.05) is 27.7 Å². The number of hydrogen-bond acceptors (Lipinski definition) is 3. The maximum atomic E-state index is 11.6. The molecule has 0 fully saturated rings. The van der Waals surface area contributed by atoms with Crippen molar-refractivity contribution in [3.8, 4) is 0 Å². The predicted octanol–water partition coefficient (Wildman–Crippen LogP) is 1.82. The summed E-state index contributed by atoms with van der Waals surface area (Å²) in [5.41, 5.74) is -0.570. The van der Waals surface area contributed by atoms with E-state index in [9.17, 15) is 4.79 Å². The van der Waals surface area contributed by atoms with Gasteiger partial charge in [-0.2, -0.15) is 0 Å². The molecule has 0 rings (SSSR count). The molecule has 0 aliphatic rings. The van der Waals surface area contributed by atoms with Crippen LogP contribution in [0.3, 0.4) is 0 Å². The van der Waals surface area contributed by atoms with Crippen LogP contribution in [0.5, 0.6) is 0 Å². The standard InChI is InChI=1S/C11H23NO2/c1-8(2)7-12-11(5,9(3)4)10(13)14-6/h8-9,12H,7H2,1-6H3. The van der Waals surface area contributed by atoms with Gasteiger partial charge < -0.3 is 10.1 Å². The van der Waals surface area contributed by atoms with Gasteiger partial charge in [0, 0.05) is 0 Å². The smallest absolute Gasteiger partial charge is 0.326 e. The SMILES string of the molecule is COC(=O)C(C)(NCC(C)C)C(C)C. The van der Waals surface area contributed by atoms with Crippen LogP contribution in [0.1, 0.15) is 34.6 Å². The highest BCUT2D eigenvalue weighted by Crippen LogP contribution is 2.18. The molecule has 0 spiro atoms. The summed E-state index contributed by atoms with van der Waals surface area (Å²) < 4.78 is 4.81. The Morgan fingerprint density at radius 3 is 2.14 bits per heavy atom. The number of hydrogen-bond donors (Lipinski definition) is 1. The Balaban J connectivity index is 4.48. The van der Waals surface area contributed by atoms with E-state index in [1.54, 1.807) is 0 Å². The predicted molar refractivity (Wildman–Crippen MR) is 58.1 cm³/mol. The van der Waals surface area contributed by atoms with Crippen molar-refractivity contribution in [3.05, 3.63) is 0 Å². The third-order valence-electron chi connectivity index (χ3n) is 2.64. The van der Waals surface area contributed by atoms with Crippen molar-refractivity contribution in [2.45, 2.75) is 40.2 Å². The first kappa shape index (κ1) is 13.4. The molecule has 1 unspecified atom stereocenters. The van der Waals surface area contributed by atoms with E-state index in [4.69, 9.17) is 4.74 Å². The molecule has 0 saturated heterocycles. The number of nitrogens with one attached hydrogen (secondary N) is 1. The fraction of sp³-hybridized carbons (Fsp3) is 0.909. The zero-order valence-electron chi connectivity index (χ0n) is 10.2. The van der Waals surface area contributed by atoms with E-state index >= 15 is 0 Å². The van der Waals surface area contributed by atoms with E-state index in [1.807, 2.05) is 20.8 Å². The Labute approximate surface area is 87.2 Å². The Hall–Kier alpha value is -0.570. The molecule has 0 aliphatic heterocycles. The second kappa shape index (κ2) is 5.35. The molecule has 0 heterocycles. The Morgan fingerprint density at radius 2 is 1.86 bits per heavy atom. The number of carbonyl (C=O) groups is 1. The lowest BCUT2D eigenvalue weighted by Crippen LogP contribution is -2.55. The summed E-state index contributed by atoms with van der Waals surface area (Å²) in [7, 11) is 1.43. The minimum Gasteiger partial charge on any atom is -0.468 e. The second-order valence-corrected chi connectivity index (χ2v) is 4.62. The first-order valence-corrected chi connectivity index (χ1v) is 5.18. The number of carbonyl (C=O) groups excluding carboxylic acids is 1. The fourth-order valence-electron chi connectivity index (χ4n) is 1.14. The van der Waals surface area contributed by atoms with E-state index in [-0.39, 0.29) is 11.9 Å². The van der Waals surface area contributed by atoms with Crippen LogP contribution in [-0.2, 0) is 9.53 Å². The minimum atomic E-state index is -0.570. The summed E-state index contributed by atoms with van der Waals surface area (Å²) in [6, 6.07) is 0. The summed E-state index contributed by atoms with van der Waals surface area (Å²) >= 11 is 0. The summed E-state index contributed by atoms with van der Waals surface area (Å²) in [6.07, 6.45) is 0. The van der Waals surface area contributed by atoms with Gasteiger partial charge in [0.1, 0.15) is 5.54 Å². The van der Waals surface area contributed by atoms with Crippen molar-refractivity contribution in [2.75, 3.05) is 13.7 Å². The first-order valence-electron chi connectivity index (χ1n) is 5.18. The van der Waals surface area contributed by atoms with Crippen molar-refractivity contribution in [3.63, 3.8) is 0 Å². The highest BCUT2D eigenvalue weighted by molar-refractivity contribution is 5.80. The normalized spacial score (nSPS) is 15.7. The maximum absolute atomic E-state index is 11.6. The first-order chi connectivity index (χ1) is 6.34. The van der Waals surface area contributed by atoms with E-state index in [2.05, 4.69) is 19.2 Å². The molecule has 0 radical (unpaired) electrons. The van der Waals surface area contributed by atoms with E-state index < -0.39 is 5.54 Å². The largest absolute Gasteiger partial charge is 0.468 e. The molecule has 84 valence electrons. The molecule has 0 amide bonds. The van der Waals surface area contributed by atoms with Gasteiger partial charge in [0.25, 0.3) is 0 Å². The van der Waals surface area contributed by atoms with Crippen LogP contribution in [0, 0.1) is 11.8 Å². The maximum Gasteiger partial charge on any atom is 0.326 e. The number of esters is 1. The van der Waals surface area contributed by atoms with Gasteiger partial charge in [0.05, 0.1) is 7.11 Å². The van der Waals surface area contributed by atoms with Gasteiger partial charge >= 0.3 is 5.97 Å². The van der Waals surface area contributed by atoms with Gasteiger partial charge in [-0.05, 0) is 25.3 Å². The minimum absolute atomic E-state index is 0.187. The molecule has 0 aromatic heterocycles. The summed E-state index contributed by atoms with van der Waals surface area (Å²) in [6.45, 7) is 11.0. The van der Waals surface area contributed by atoms with Gasteiger partial charge in [0.2, 0.25) is 0 Å². The molecule has 0 aliphatic carbocycles. The lowest BCUT2D eigenvalue weighted by atomic mass is 9.88. The fourth-order valence-corrected chi connectivity index (χ4v) is 1.14.